The average molecular weight is 358 g/mol. The van der Waals surface area contributed by atoms with Gasteiger partial charge in [-0.3, -0.25) is 4.79 Å². The van der Waals surface area contributed by atoms with Crippen molar-refractivity contribution in [2.75, 3.05) is 0 Å². The molecule has 0 saturated heterocycles. The normalized spacial score (nSPS) is 13.0. The van der Waals surface area contributed by atoms with Crippen LogP contribution in [0.3, 0.4) is 0 Å². The van der Waals surface area contributed by atoms with E-state index >= 15 is 0 Å². The molecule has 4 N–H and O–H groups in total. The Balaban J connectivity index is 1.98. The van der Waals surface area contributed by atoms with Gasteiger partial charge in [0.05, 0.1) is 0 Å². The molecule has 0 heterocycles. The van der Waals surface area contributed by atoms with Crippen molar-refractivity contribution in [2.24, 2.45) is 0 Å². The van der Waals surface area contributed by atoms with E-state index in [1.807, 2.05) is 24.3 Å². The number of carbonyl (C=O) groups is 1. The van der Waals surface area contributed by atoms with Gasteiger partial charge in [-0.05, 0) is 58.0 Å². The van der Waals surface area contributed by atoms with Gasteiger partial charge in [-0.25, -0.2) is 0 Å². The van der Waals surface area contributed by atoms with E-state index in [4.69, 9.17) is 0 Å². The molecule has 0 spiro atoms. The maximum atomic E-state index is 13.3. The van der Waals surface area contributed by atoms with E-state index in [1.165, 1.54) is 18.2 Å². The summed E-state index contributed by atoms with van der Waals surface area (Å²) in [5.41, 5.74) is 2.19. The number of rotatable bonds is 0. The number of carbonyl (C=O) groups excluding carboxylic acids is 1. The fourth-order valence-corrected chi connectivity index (χ4v) is 4.07. The summed E-state index contributed by atoms with van der Waals surface area (Å²) in [7, 11) is 0. The lowest BCUT2D eigenvalue weighted by Crippen LogP contribution is -2.16. The van der Waals surface area contributed by atoms with E-state index in [0.29, 0.717) is 33.9 Å². The number of phenols is 4. The lowest BCUT2D eigenvalue weighted by molar-refractivity contribution is 0.103. The van der Waals surface area contributed by atoms with Crippen LogP contribution in [0.1, 0.15) is 27.0 Å². The molecule has 0 saturated carbocycles. The van der Waals surface area contributed by atoms with Gasteiger partial charge in [-0.2, -0.15) is 0 Å². The topological polar surface area (TPSA) is 98.0 Å². The van der Waals surface area contributed by atoms with Gasteiger partial charge in [-0.15, -0.1) is 0 Å². The van der Waals surface area contributed by atoms with Gasteiger partial charge in [-0.1, -0.05) is 24.3 Å². The summed E-state index contributed by atoms with van der Waals surface area (Å²) in [6, 6.07) is 13.1. The zero-order chi connectivity index (χ0) is 18.9. The highest BCUT2D eigenvalue weighted by molar-refractivity contribution is 6.26. The Morgan fingerprint density at radius 2 is 1.44 bits per heavy atom. The number of hydrogen-bond acceptors (Lipinski definition) is 5. The molecule has 0 aliphatic heterocycles. The van der Waals surface area contributed by atoms with Gasteiger partial charge in [0.2, 0.25) is 0 Å². The molecule has 1 aliphatic rings. The van der Waals surface area contributed by atoms with Crippen molar-refractivity contribution in [3.63, 3.8) is 0 Å². The first-order valence-electron chi connectivity index (χ1n) is 8.45. The molecule has 0 unspecified atom stereocenters. The summed E-state index contributed by atoms with van der Waals surface area (Å²) in [5.74, 6) is -1.42. The fourth-order valence-electron chi connectivity index (χ4n) is 4.07. The molecule has 0 atom stereocenters. The van der Waals surface area contributed by atoms with Crippen LogP contribution in [0.2, 0.25) is 0 Å². The molecule has 0 fully saturated rings. The summed E-state index contributed by atoms with van der Waals surface area (Å²) < 4.78 is 0. The number of ketones is 1. The third kappa shape index (κ3) is 1.96. The van der Waals surface area contributed by atoms with Gasteiger partial charge >= 0.3 is 0 Å². The average Bonchev–Trinajstić information content (AvgIpc) is 2.66. The lowest BCUT2D eigenvalue weighted by Gasteiger charge is -2.23. The minimum Gasteiger partial charge on any atom is -0.504 e. The highest BCUT2D eigenvalue weighted by Crippen LogP contribution is 2.45. The predicted molar refractivity (Wildman–Crippen MR) is 101 cm³/mol. The van der Waals surface area contributed by atoms with Crippen LogP contribution < -0.4 is 0 Å². The first-order valence-corrected chi connectivity index (χ1v) is 8.45. The Morgan fingerprint density at radius 3 is 2.22 bits per heavy atom. The van der Waals surface area contributed by atoms with Crippen molar-refractivity contribution in [1.82, 2.24) is 0 Å². The van der Waals surface area contributed by atoms with Crippen molar-refractivity contribution in [1.29, 1.82) is 0 Å². The minimum atomic E-state index is -0.351. The molecule has 132 valence electrons. The van der Waals surface area contributed by atoms with Gasteiger partial charge in [0.25, 0.3) is 0 Å². The third-order valence-electron chi connectivity index (χ3n) is 5.29. The quantitative estimate of drug-likeness (QED) is 0.248. The lowest BCUT2D eigenvalue weighted by atomic mass is 9.79. The van der Waals surface area contributed by atoms with Gasteiger partial charge < -0.3 is 20.4 Å². The van der Waals surface area contributed by atoms with Crippen LogP contribution in [-0.4, -0.2) is 26.2 Å². The highest BCUT2D eigenvalue weighted by Gasteiger charge is 2.29. The molecule has 0 radical (unpaired) electrons. The third-order valence-corrected chi connectivity index (χ3v) is 5.29. The molecule has 4 aromatic carbocycles. The Kier molecular flexibility index (Phi) is 2.95. The maximum absolute atomic E-state index is 13.3. The maximum Gasteiger partial charge on any atom is 0.194 e. The van der Waals surface area contributed by atoms with Crippen LogP contribution in [0.25, 0.3) is 21.5 Å². The SMILES string of the molecule is O=C1c2cc(O)c(O)cc2Cc2c1c1ccc(O)c(O)c1c1ccccc21. The number of aromatic hydroxyl groups is 4. The van der Waals surface area contributed by atoms with E-state index in [-0.39, 0.29) is 28.8 Å². The molecular formula is C22H14O5. The minimum absolute atomic E-state index is 0.251. The Morgan fingerprint density at radius 1 is 0.741 bits per heavy atom. The molecule has 5 nitrogen and oxygen atoms in total. The van der Waals surface area contributed by atoms with E-state index in [2.05, 4.69) is 0 Å². The smallest absolute Gasteiger partial charge is 0.194 e. The second-order valence-electron chi connectivity index (χ2n) is 6.76. The standard InChI is InChI=1S/C22H14O5/c23-16-6-5-13-19(22(16)27)12-4-2-1-3-11(12)15-7-10-8-17(24)18(25)9-14(10)21(26)20(13)15/h1-6,8-9,23-25,27H,7H2. The van der Waals surface area contributed by atoms with Gasteiger partial charge in [0, 0.05) is 16.5 Å². The van der Waals surface area contributed by atoms with Crippen molar-refractivity contribution < 1.29 is 25.2 Å². The zero-order valence-corrected chi connectivity index (χ0v) is 14.0. The van der Waals surface area contributed by atoms with Crippen molar-refractivity contribution in [2.45, 2.75) is 6.42 Å². The van der Waals surface area contributed by atoms with Gasteiger partial charge in [0.1, 0.15) is 0 Å². The fraction of sp³-hybridized carbons (Fsp3) is 0.0455. The summed E-state index contributed by atoms with van der Waals surface area (Å²) in [5, 5.41) is 42.6. The van der Waals surface area contributed by atoms with E-state index in [0.717, 1.165) is 16.3 Å². The summed E-state index contributed by atoms with van der Waals surface area (Å²) in [4.78, 5) is 13.3. The van der Waals surface area contributed by atoms with Crippen molar-refractivity contribution >= 4 is 27.3 Å². The molecule has 1 aliphatic carbocycles. The van der Waals surface area contributed by atoms with E-state index in [1.54, 1.807) is 6.07 Å². The van der Waals surface area contributed by atoms with Crippen LogP contribution in [0.15, 0.2) is 48.5 Å². The highest BCUT2D eigenvalue weighted by atomic mass is 16.3. The predicted octanol–water partition coefficient (Wildman–Crippen LogP) is 3.95. The summed E-state index contributed by atoms with van der Waals surface area (Å²) >= 11 is 0. The number of hydrogen-bond donors (Lipinski definition) is 4. The van der Waals surface area contributed by atoms with Crippen LogP contribution in [0.5, 0.6) is 23.0 Å². The van der Waals surface area contributed by atoms with E-state index < -0.39 is 0 Å². The first kappa shape index (κ1) is 15.5. The van der Waals surface area contributed by atoms with Crippen LogP contribution in [0, 0.1) is 0 Å². The summed E-state index contributed by atoms with van der Waals surface area (Å²) in [6.45, 7) is 0. The second-order valence-corrected chi connectivity index (χ2v) is 6.76. The molecule has 27 heavy (non-hydrogen) atoms. The van der Waals surface area contributed by atoms with Gasteiger partial charge in [0.15, 0.2) is 28.8 Å². The largest absolute Gasteiger partial charge is 0.504 e. The van der Waals surface area contributed by atoms with Crippen molar-refractivity contribution in [3.8, 4) is 23.0 Å². The second kappa shape index (κ2) is 5.14. The molecule has 0 aromatic heterocycles. The number of benzene rings is 4. The molecule has 4 aromatic rings. The monoisotopic (exact) mass is 358 g/mol. The molecular weight excluding hydrogens is 344 g/mol. The first-order chi connectivity index (χ1) is 13.0. The molecule has 0 bridgehead atoms. The molecule has 5 rings (SSSR count). The number of fused-ring (bicyclic) bond motifs is 7. The Bertz CT molecular complexity index is 1300. The Labute approximate surface area is 153 Å². The summed E-state index contributed by atoms with van der Waals surface area (Å²) in [6.07, 6.45) is 0.405. The molecule has 0 amide bonds. The zero-order valence-electron chi connectivity index (χ0n) is 14.0. The van der Waals surface area contributed by atoms with E-state index in [9.17, 15) is 25.2 Å². The number of phenolic OH excluding ortho intramolecular Hbond substituents is 4. The van der Waals surface area contributed by atoms with Crippen molar-refractivity contribution in [3.05, 3.63) is 70.8 Å². The van der Waals surface area contributed by atoms with Crippen LogP contribution >= 0.6 is 0 Å². The van der Waals surface area contributed by atoms with Crippen LogP contribution in [0.4, 0.5) is 0 Å². The molecule has 5 heteroatoms. The van der Waals surface area contributed by atoms with Crippen LogP contribution in [-0.2, 0) is 6.42 Å². The Hall–Kier alpha value is -3.73.